The maximum Gasteiger partial charge on any atom is 0.407 e. The fraction of sp³-hybridized carbons (Fsp3) is 0.409. The van der Waals surface area contributed by atoms with E-state index in [1.807, 2.05) is 10.6 Å². The van der Waals surface area contributed by atoms with Gasteiger partial charge in [0.15, 0.2) is 0 Å². The Hall–Kier alpha value is -3.09. The Morgan fingerprint density at radius 3 is 2.62 bits per heavy atom. The highest BCUT2D eigenvalue weighted by Gasteiger charge is 2.17. The van der Waals surface area contributed by atoms with Crippen LogP contribution in [-0.4, -0.2) is 35.4 Å². The van der Waals surface area contributed by atoms with Gasteiger partial charge in [-0.1, -0.05) is 18.7 Å². The quantitative estimate of drug-likeness (QED) is 0.565. The number of aromatic nitrogens is 1. The molecule has 1 heterocycles. The molecule has 0 bridgehead atoms. The molecule has 0 aliphatic rings. The van der Waals surface area contributed by atoms with E-state index in [4.69, 9.17) is 9.47 Å². The number of hydrogen-bond acceptors (Lipinski definition) is 5. The number of nitrogens with zero attached hydrogens (tertiary/aromatic N) is 1. The first-order valence-electron chi connectivity index (χ1n) is 9.60. The molecule has 7 nitrogen and oxygen atoms in total. The van der Waals surface area contributed by atoms with E-state index in [1.54, 1.807) is 45.9 Å². The maximum absolute atomic E-state index is 12.7. The standard InChI is InChI=1S/C22H28N2O5/c1-6-15-9-10-16-18(13-15)24(14-17(19(16)25)20(26)28-7-2)12-8-11-23-21(27)29-22(3,4)5/h6,9-10,13-14H,1,7-8,11-12H2,2-5H3,(H,23,27). The number of aryl methyl sites for hydroxylation is 1. The van der Waals surface area contributed by atoms with E-state index in [0.29, 0.717) is 30.4 Å². The first kappa shape index (κ1) is 22.2. The molecule has 2 aromatic rings. The van der Waals surface area contributed by atoms with Crippen LogP contribution in [-0.2, 0) is 16.0 Å². The van der Waals surface area contributed by atoms with Gasteiger partial charge in [0, 0.05) is 24.7 Å². The number of carbonyl (C=O) groups is 2. The van der Waals surface area contributed by atoms with Crippen molar-refractivity contribution in [3.8, 4) is 0 Å². The van der Waals surface area contributed by atoms with Crippen molar-refractivity contribution in [2.24, 2.45) is 0 Å². The summed E-state index contributed by atoms with van der Waals surface area (Å²) in [6.45, 7) is 11.9. The molecule has 0 aliphatic carbocycles. The first-order chi connectivity index (χ1) is 13.7. The minimum Gasteiger partial charge on any atom is -0.462 e. The summed E-state index contributed by atoms with van der Waals surface area (Å²) in [7, 11) is 0. The fourth-order valence-electron chi connectivity index (χ4n) is 2.83. The van der Waals surface area contributed by atoms with Gasteiger partial charge >= 0.3 is 12.1 Å². The van der Waals surface area contributed by atoms with Gasteiger partial charge in [-0.25, -0.2) is 9.59 Å². The summed E-state index contributed by atoms with van der Waals surface area (Å²) in [5.41, 5.74) is 0.622. The van der Waals surface area contributed by atoms with Crippen LogP contribution in [0.2, 0.25) is 0 Å². The molecular formula is C22H28N2O5. The molecule has 1 amide bonds. The monoisotopic (exact) mass is 400 g/mol. The number of esters is 1. The second-order valence-electron chi connectivity index (χ2n) is 7.55. The Balaban J connectivity index is 2.26. The molecule has 7 heteroatoms. The molecule has 0 spiro atoms. The van der Waals surface area contributed by atoms with Crippen molar-refractivity contribution in [2.45, 2.75) is 46.3 Å². The van der Waals surface area contributed by atoms with Gasteiger partial charge in [-0.15, -0.1) is 0 Å². The van der Waals surface area contributed by atoms with E-state index in [2.05, 4.69) is 11.9 Å². The van der Waals surface area contributed by atoms with Crippen molar-refractivity contribution < 1.29 is 19.1 Å². The van der Waals surface area contributed by atoms with Crippen LogP contribution in [0.4, 0.5) is 4.79 Å². The van der Waals surface area contributed by atoms with Gasteiger partial charge in [-0.3, -0.25) is 4.79 Å². The lowest BCUT2D eigenvalue weighted by Gasteiger charge is -2.20. The Bertz CT molecular complexity index is 970. The lowest BCUT2D eigenvalue weighted by Crippen LogP contribution is -2.33. The average Bonchev–Trinajstić information content (AvgIpc) is 2.65. The Labute approximate surface area is 170 Å². The van der Waals surface area contributed by atoms with Crippen LogP contribution in [0.1, 0.15) is 50.0 Å². The van der Waals surface area contributed by atoms with Crippen molar-refractivity contribution in [1.29, 1.82) is 0 Å². The van der Waals surface area contributed by atoms with Crippen LogP contribution in [0.25, 0.3) is 17.0 Å². The topological polar surface area (TPSA) is 86.6 Å². The summed E-state index contributed by atoms with van der Waals surface area (Å²) >= 11 is 0. The van der Waals surface area contributed by atoms with Gasteiger partial charge in [0.2, 0.25) is 5.43 Å². The Morgan fingerprint density at radius 1 is 1.28 bits per heavy atom. The van der Waals surface area contributed by atoms with Gasteiger partial charge in [0.25, 0.3) is 0 Å². The number of pyridine rings is 1. The van der Waals surface area contributed by atoms with E-state index >= 15 is 0 Å². The number of nitrogens with one attached hydrogen (secondary N) is 1. The number of rotatable bonds is 7. The summed E-state index contributed by atoms with van der Waals surface area (Å²) in [5.74, 6) is -0.646. The highest BCUT2D eigenvalue weighted by molar-refractivity contribution is 5.94. The number of amides is 1. The first-order valence-corrected chi connectivity index (χ1v) is 9.60. The third kappa shape index (κ3) is 5.94. The van der Waals surface area contributed by atoms with Gasteiger partial charge < -0.3 is 19.4 Å². The predicted molar refractivity (Wildman–Crippen MR) is 113 cm³/mol. The minimum atomic E-state index is -0.646. The molecule has 2 rings (SSSR count). The fourth-order valence-corrected chi connectivity index (χ4v) is 2.83. The van der Waals surface area contributed by atoms with Gasteiger partial charge in [0.05, 0.1) is 12.1 Å². The Kier molecular flexibility index (Phi) is 7.20. The van der Waals surface area contributed by atoms with E-state index in [0.717, 1.165) is 5.56 Å². The third-order valence-corrected chi connectivity index (χ3v) is 4.08. The molecule has 29 heavy (non-hydrogen) atoms. The maximum atomic E-state index is 12.7. The molecule has 1 aromatic carbocycles. The average molecular weight is 400 g/mol. The van der Waals surface area contributed by atoms with Crippen molar-refractivity contribution in [3.63, 3.8) is 0 Å². The summed E-state index contributed by atoms with van der Waals surface area (Å²) in [4.78, 5) is 36.7. The third-order valence-electron chi connectivity index (χ3n) is 4.08. The van der Waals surface area contributed by atoms with Crippen LogP contribution in [0, 0.1) is 0 Å². The highest BCUT2D eigenvalue weighted by Crippen LogP contribution is 2.16. The van der Waals surface area contributed by atoms with Crippen LogP contribution < -0.4 is 10.7 Å². The van der Waals surface area contributed by atoms with Gasteiger partial charge in [-0.05, 0) is 51.8 Å². The molecule has 0 atom stereocenters. The molecule has 0 aliphatic heterocycles. The smallest absolute Gasteiger partial charge is 0.407 e. The van der Waals surface area contributed by atoms with E-state index in [1.165, 1.54) is 6.20 Å². The SMILES string of the molecule is C=Cc1ccc2c(=O)c(C(=O)OCC)cn(CCCNC(=O)OC(C)(C)C)c2c1. The molecule has 0 radical (unpaired) electrons. The summed E-state index contributed by atoms with van der Waals surface area (Å²) in [5, 5.41) is 3.14. The summed E-state index contributed by atoms with van der Waals surface area (Å²) in [6, 6.07) is 5.31. The molecule has 0 unspecified atom stereocenters. The molecule has 0 fully saturated rings. The van der Waals surface area contributed by atoms with E-state index in [-0.39, 0.29) is 17.6 Å². The minimum absolute atomic E-state index is 0.00851. The lowest BCUT2D eigenvalue weighted by atomic mass is 10.1. The second-order valence-corrected chi connectivity index (χ2v) is 7.55. The van der Waals surface area contributed by atoms with Crippen LogP contribution in [0.3, 0.4) is 0 Å². The largest absolute Gasteiger partial charge is 0.462 e. The van der Waals surface area contributed by atoms with Crippen LogP contribution >= 0.6 is 0 Å². The summed E-state index contributed by atoms with van der Waals surface area (Å²) < 4.78 is 12.1. The number of benzene rings is 1. The molecule has 0 saturated carbocycles. The second kappa shape index (κ2) is 9.41. The number of hydrogen-bond donors (Lipinski definition) is 1. The number of ether oxygens (including phenoxy) is 2. The molecule has 0 saturated heterocycles. The van der Waals surface area contributed by atoms with Crippen molar-refractivity contribution >= 4 is 29.0 Å². The van der Waals surface area contributed by atoms with E-state index in [9.17, 15) is 14.4 Å². The van der Waals surface area contributed by atoms with E-state index < -0.39 is 17.7 Å². The van der Waals surface area contributed by atoms with Crippen LogP contribution in [0.15, 0.2) is 35.8 Å². The van der Waals surface area contributed by atoms with Crippen molar-refractivity contribution in [1.82, 2.24) is 9.88 Å². The highest BCUT2D eigenvalue weighted by atomic mass is 16.6. The number of carbonyl (C=O) groups excluding carboxylic acids is 2. The number of fused-ring (bicyclic) bond motifs is 1. The normalized spacial score (nSPS) is 11.2. The zero-order valence-electron chi connectivity index (χ0n) is 17.4. The zero-order chi connectivity index (χ0) is 21.6. The van der Waals surface area contributed by atoms with Gasteiger partial charge in [-0.2, -0.15) is 0 Å². The predicted octanol–water partition coefficient (Wildman–Crippen LogP) is 3.74. The van der Waals surface area contributed by atoms with Crippen molar-refractivity contribution in [3.05, 3.63) is 52.3 Å². The molecule has 1 aromatic heterocycles. The molecule has 156 valence electrons. The number of alkyl carbamates (subject to hydrolysis) is 1. The van der Waals surface area contributed by atoms with Gasteiger partial charge in [0.1, 0.15) is 11.2 Å². The zero-order valence-corrected chi connectivity index (χ0v) is 17.4. The molecular weight excluding hydrogens is 372 g/mol. The lowest BCUT2D eigenvalue weighted by molar-refractivity contribution is 0.0516. The van der Waals surface area contributed by atoms with Crippen LogP contribution in [0.5, 0.6) is 0 Å². The molecule has 1 N–H and O–H groups in total. The van der Waals surface area contributed by atoms with Crippen molar-refractivity contribution in [2.75, 3.05) is 13.2 Å². The Morgan fingerprint density at radius 2 is 2.00 bits per heavy atom. The summed E-state index contributed by atoms with van der Waals surface area (Å²) in [6.07, 6.45) is 3.31.